The van der Waals surface area contributed by atoms with E-state index >= 15 is 0 Å². The second-order valence-corrected chi connectivity index (χ2v) is 5.40. The van der Waals surface area contributed by atoms with Crippen molar-refractivity contribution in [2.45, 2.75) is 70.3 Å². The number of carbonyl (C=O) groups excluding carboxylic acids is 1. The molecule has 2 heteroatoms. The molecule has 0 bridgehead atoms. The summed E-state index contributed by atoms with van der Waals surface area (Å²) in [6.45, 7) is 1.49. The SMILES string of the molecule is CC(=O)OC1(C#CC2CCCC2)CCCCC1. The molecule has 2 aliphatic rings. The Labute approximate surface area is 104 Å². The van der Waals surface area contributed by atoms with Gasteiger partial charge in [-0.25, -0.2) is 0 Å². The van der Waals surface area contributed by atoms with Gasteiger partial charge in [-0.2, -0.15) is 0 Å². The average molecular weight is 234 g/mol. The minimum Gasteiger partial charge on any atom is -0.446 e. The highest BCUT2D eigenvalue weighted by Crippen LogP contribution is 2.32. The molecule has 0 unspecified atom stereocenters. The summed E-state index contributed by atoms with van der Waals surface area (Å²) in [5, 5.41) is 0. The van der Waals surface area contributed by atoms with Gasteiger partial charge in [0.1, 0.15) is 0 Å². The molecular formula is C15H22O2. The van der Waals surface area contributed by atoms with E-state index in [-0.39, 0.29) is 5.97 Å². The van der Waals surface area contributed by atoms with Crippen molar-refractivity contribution >= 4 is 5.97 Å². The van der Waals surface area contributed by atoms with Crippen LogP contribution in [0, 0.1) is 17.8 Å². The van der Waals surface area contributed by atoms with Crippen molar-refractivity contribution in [3.8, 4) is 11.8 Å². The van der Waals surface area contributed by atoms with Crippen LogP contribution in [0.15, 0.2) is 0 Å². The van der Waals surface area contributed by atoms with Crippen molar-refractivity contribution in [1.82, 2.24) is 0 Å². The Bertz CT molecular complexity index is 323. The van der Waals surface area contributed by atoms with E-state index in [1.54, 1.807) is 0 Å². The van der Waals surface area contributed by atoms with E-state index in [1.165, 1.54) is 39.0 Å². The van der Waals surface area contributed by atoms with Gasteiger partial charge in [0.25, 0.3) is 0 Å². The van der Waals surface area contributed by atoms with Crippen LogP contribution in [-0.4, -0.2) is 11.6 Å². The van der Waals surface area contributed by atoms with Crippen LogP contribution in [0.4, 0.5) is 0 Å². The maximum Gasteiger partial charge on any atom is 0.304 e. The first-order valence-electron chi connectivity index (χ1n) is 6.92. The molecule has 2 saturated carbocycles. The fourth-order valence-corrected chi connectivity index (χ4v) is 2.95. The van der Waals surface area contributed by atoms with E-state index in [0.717, 1.165) is 25.7 Å². The molecule has 94 valence electrons. The molecule has 0 N–H and O–H groups in total. The zero-order valence-electron chi connectivity index (χ0n) is 10.8. The van der Waals surface area contributed by atoms with Crippen molar-refractivity contribution in [2.75, 3.05) is 0 Å². The fraction of sp³-hybridized carbons (Fsp3) is 0.800. The largest absolute Gasteiger partial charge is 0.446 e. The van der Waals surface area contributed by atoms with Crippen LogP contribution in [0.1, 0.15) is 64.7 Å². The second-order valence-electron chi connectivity index (χ2n) is 5.40. The summed E-state index contributed by atoms with van der Waals surface area (Å²) in [6, 6.07) is 0. The van der Waals surface area contributed by atoms with Gasteiger partial charge in [-0.15, -0.1) is 0 Å². The smallest absolute Gasteiger partial charge is 0.304 e. The molecule has 0 amide bonds. The van der Waals surface area contributed by atoms with Crippen molar-refractivity contribution < 1.29 is 9.53 Å². The molecule has 0 aromatic heterocycles. The molecule has 0 heterocycles. The Hall–Kier alpha value is -0.970. The van der Waals surface area contributed by atoms with Crippen LogP contribution >= 0.6 is 0 Å². The van der Waals surface area contributed by atoms with Crippen molar-refractivity contribution in [2.24, 2.45) is 5.92 Å². The Morgan fingerprint density at radius 1 is 1.12 bits per heavy atom. The van der Waals surface area contributed by atoms with Gasteiger partial charge < -0.3 is 4.74 Å². The molecule has 2 rings (SSSR count). The van der Waals surface area contributed by atoms with E-state index in [1.807, 2.05) is 0 Å². The molecule has 0 aromatic carbocycles. The first-order valence-corrected chi connectivity index (χ1v) is 6.92. The Morgan fingerprint density at radius 3 is 2.35 bits per heavy atom. The highest BCUT2D eigenvalue weighted by atomic mass is 16.6. The number of ether oxygens (including phenoxy) is 1. The molecule has 2 fully saturated rings. The number of rotatable bonds is 1. The molecule has 0 atom stereocenters. The van der Waals surface area contributed by atoms with Gasteiger partial charge >= 0.3 is 5.97 Å². The molecule has 0 aromatic rings. The lowest BCUT2D eigenvalue weighted by atomic mass is 9.84. The monoisotopic (exact) mass is 234 g/mol. The van der Waals surface area contributed by atoms with Gasteiger partial charge in [0, 0.05) is 12.8 Å². The third kappa shape index (κ3) is 3.49. The Balaban J connectivity index is 2.05. The Kier molecular flexibility index (Phi) is 4.10. The van der Waals surface area contributed by atoms with Crippen LogP contribution in [0.25, 0.3) is 0 Å². The maximum absolute atomic E-state index is 11.2. The minimum atomic E-state index is -0.452. The van der Waals surface area contributed by atoms with Crippen molar-refractivity contribution in [1.29, 1.82) is 0 Å². The number of hydrogen-bond donors (Lipinski definition) is 0. The molecule has 2 nitrogen and oxygen atoms in total. The van der Waals surface area contributed by atoms with Gasteiger partial charge in [-0.1, -0.05) is 31.1 Å². The molecule has 0 radical (unpaired) electrons. The highest BCUT2D eigenvalue weighted by molar-refractivity contribution is 5.67. The van der Waals surface area contributed by atoms with Gasteiger partial charge in [0.05, 0.1) is 0 Å². The normalized spacial score (nSPS) is 23.8. The summed E-state index contributed by atoms with van der Waals surface area (Å²) in [6.07, 6.45) is 10.4. The first-order chi connectivity index (χ1) is 8.20. The molecule has 2 aliphatic carbocycles. The lowest BCUT2D eigenvalue weighted by molar-refractivity contribution is -0.153. The topological polar surface area (TPSA) is 26.3 Å². The summed E-state index contributed by atoms with van der Waals surface area (Å²) in [5.41, 5.74) is -0.452. The summed E-state index contributed by atoms with van der Waals surface area (Å²) in [7, 11) is 0. The Morgan fingerprint density at radius 2 is 1.76 bits per heavy atom. The third-order valence-corrected chi connectivity index (χ3v) is 3.86. The van der Waals surface area contributed by atoms with E-state index in [9.17, 15) is 4.79 Å². The predicted molar refractivity (Wildman–Crippen MR) is 67.3 cm³/mol. The van der Waals surface area contributed by atoms with Crippen LogP contribution < -0.4 is 0 Å². The average Bonchev–Trinajstić information content (AvgIpc) is 2.80. The lowest BCUT2D eigenvalue weighted by Gasteiger charge is -2.31. The van der Waals surface area contributed by atoms with Gasteiger partial charge in [-0.05, 0) is 38.5 Å². The molecule has 0 aliphatic heterocycles. The van der Waals surface area contributed by atoms with Crippen molar-refractivity contribution in [3.05, 3.63) is 0 Å². The van der Waals surface area contributed by atoms with E-state index < -0.39 is 5.60 Å². The summed E-state index contributed by atoms with van der Waals surface area (Å²) in [5.74, 6) is 7.04. The summed E-state index contributed by atoms with van der Waals surface area (Å²) in [4.78, 5) is 11.2. The number of carbonyl (C=O) groups is 1. The fourth-order valence-electron chi connectivity index (χ4n) is 2.95. The third-order valence-electron chi connectivity index (χ3n) is 3.86. The second kappa shape index (κ2) is 5.58. The highest BCUT2D eigenvalue weighted by Gasteiger charge is 2.33. The molecule has 17 heavy (non-hydrogen) atoms. The number of hydrogen-bond acceptors (Lipinski definition) is 2. The lowest BCUT2D eigenvalue weighted by Crippen LogP contribution is -2.35. The van der Waals surface area contributed by atoms with Gasteiger partial charge in [-0.3, -0.25) is 4.79 Å². The van der Waals surface area contributed by atoms with E-state index in [4.69, 9.17) is 4.74 Å². The first kappa shape index (κ1) is 12.5. The molecular weight excluding hydrogens is 212 g/mol. The number of esters is 1. The summed E-state index contributed by atoms with van der Waals surface area (Å²) < 4.78 is 5.53. The van der Waals surface area contributed by atoms with Crippen LogP contribution in [-0.2, 0) is 9.53 Å². The maximum atomic E-state index is 11.2. The van der Waals surface area contributed by atoms with E-state index in [0.29, 0.717) is 5.92 Å². The molecule has 0 spiro atoms. The van der Waals surface area contributed by atoms with Gasteiger partial charge in [0.2, 0.25) is 0 Å². The zero-order chi connectivity index (χ0) is 12.1. The van der Waals surface area contributed by atoms with Crippen LogP contribution in [0.5, 0.6) is 0 Å². The standard InChI is InChI=1S/C15H22O2/c1-13(16)17-15(10-5-2-6-11-15)12-9-14-7-3-4-8-14/h14H,2-8,10-11H2,1H3. The summed E-state index contributed by atoms with van der Waals surface area (Å²) >= 11 is 0. The van der Waals surface area contributed by atoms with Crippen LogP contribution in [0.3, 0.4) is 0 Å². The zero-order valence-corrected chi connectivity index (χ0v) is 10.8. The van der Waals surface area contributed by atoms with Crippen molar-refractivity contribution in [3.63, 3.8) is 0 Å². The van der Waals surface area contributed by atoms with E-state index in [2.05, 4.69) is 11.8 Å². The minimum absolute atomic E-state index is 0.187. The van der Waals surface area contributed by atoms with Gasteiger partial charge in [0.15, 0.2) is 5.60 Å². The quantitative estimate of drug-likeness (QED) is 0.513. The molecule has 0 saturated heterocycles. The predicted octanol–water partition coefficient (Wildman–Crippen LogP) is 3.45. The van der Waals surface area contributed by atoms with Crippen LogP contribution in [0.2, 0.25) is 0 Å².